The van der Waals surface area contributed by atoms with Crippen LogP contribution in [-0.2, 0) is 9.47 Å². The second-order valence-electron chi connectivity index (χ2n) is 3.63. The van der Waals surface area contributed by atoms with E-state index in [0.29, 0.717) is 13.0 Å². The minimum atomic E-state index is -0.0704. The van der Waals surface area contributed by atoms with E-state index in [-0.39, 0.29) is 19.0 Å². The van der Waals surface area contributed by atoms with Gasteiger partial charge in [-0.15, -0.1) is 0 Å². The van der Waals surface area contributed by atoms with Crippen LogP contribution in [0.5, 0.6) is 0 Å². The lowest BCUT2D eigenvalue weighted by Gasteiger charge is -2.14. The third kappa shape index (κ3) is 4.04. The van der Waals surface area contributed by atoms with Crippen LogP contribution in [-0.4, -0.2) is 56.3 Å². The van der Waals surface area contributed by atoms with E-state index in [2.05, 4.69) is 4.90 Å². The van der Waals surface area contributed by atoms with Crippen molar-refractivity contribution in [3.8, 4) is 0 Å². The molecule has 0 aliphatic carbocycles. The molecule has 0 radical (unpaired) electrons. The first-order valence-electron chi connectivity index (χ1n) is 4.75. The Bertz CT molecular complexity index is 141. The van der Waals surface area contributed by atoms with Crippen LogP contribution in [0.15, 0.2) is 0 Å². The lowest BCUT2D eigenvalue weighted by Crippen LogP contribution is -2.20. The molecule has 0 saturated carbocycles. The zero-order valence-corrected chi connectivity index (χ0v) is 8.40. The van der Waals surface area contributed by atoms with Crippen molar-refractivity contribution in [2.24, 2.45) is 0 Å². The predicted molar refractivity (Wildman–Crippen MR) is 49.5 cm³/mol. The van der Waals surface area contributed by atoms with Crippen LogP contribution in [0, 0.1) is 0 Å². The molecule has 13 heavy (non-hydrogen) atoms. The standard InChI is InChI=1S/C9H19NO3/c1-10(2)5-3-9-12-7-8(13-9)4-6-11/h8-9,11H,3-7H2,1-2H3. The van der Waals surface area contributed by atoms with Gasteiger partial charge in [0.05, 0.1) is 12.7 Å². The van der Waals surface area contributed by atoms with Crippen molar-refractivity contribution in [2.45, 2.75) is 25.2 Å². The number of aliphatic hydroxyl groups is 1. The summed E-state index contributed by atoms with van der Waals surface area (Å²) >= 11 is 0. The number of rotatable bonds is 5. The molecule has 4 heteroatoms. The van der Waals surface area contributed by atoms with Crippen molar-refractivity contribution in [1.29, 1.82) is 0 Å². The van der Waals surface area contributed by atoms with Crippen LogP contribution >= 0.6 is 0 Å². The van der Waals surface area contributed by atoms with Crippen LogP contribution < -0.4 is 0 Å². The van der Waals surface area contributed by atoms with Crippen molar-refractivity contribution in [1.82, 2.24) is 4.90 Å². The zero-order valence-electron chi connectivity index (χ0n) is 8.40. The lowest BCUT2D eigenvalue weighted by molar-refractivity contribution is -0.0669. The van der Waals surface area contributed by atoms with Gasteiger partial charge in [0, 0.05) is 19.6 Å². The minimum Gasteiger partial charge on any atom is -0.396 e. The average Bonchev–Trinajstić information content (AvgIpc) is 2.50. The molecule has 0 aromatic heterocycles. The van der Waals surface area contributed by atoms with Gasteiger partial charge < -0.3 is 19.5 Å². The summed E-state index contributed by atoms with van der Waals surface area (Å²) in [5.74, 6) is 0. The molecule has 1 aliphatic rings. The SMILES string of the molecule is CN(C)CCC1OCC(CCO)O1. The smallest absolute Gasteiger partial charge is 0.159 e. The van der Waals surface area contributed by atoms with Crippen LogP contribution in [0.2, 0.25) is 0 Å². The Kier molecular flexibility index (Phi) is 4.66. The second kappa shape index (κ2) is 5.54. The zero-order chi connectivity index (χ0) is 9.68. The monoisotopic (exact) mass is 189 g/mol. The highest BCUT2D eigenvalue weighted by molar-refractivity contribution is 4.65. The molecule has 0 bridgehead atoms. The Hall–Kier alpha value is -0.160. The first-order chi connectivity index (χ1) is 6.22. The normalized spacial score (nSPS) is 28.6. The molecular formula is C9H19NO3. The number of nitrogens with zero attached hydrogens (tertiary/aromatic N) is 1. The fourth-order valence-corrected chi connectivity index (χ4v) is 1.32. The third-order valence-corrected chi connectivity index (χ3v) is 2.08. The summed E-state index contributed by atoms with van der Waals surface area (Å²) in [7, 11) is 4.06. The summed E-state index contributed by atoms with van der Waals surface area (Å²) < 4.78 is 11.0. The van der Waals surface area contributed by atoms with E-state index >= 15 is 0 Å². The van der Waals surface area contributed by atoms with E-state index in [0.717, 1.165) is 13.0 Å². The Morgan fingerprint density at radius 2 is 2.15 bits per heavy atom. The highest BCUT2D eigenvalue weighted by atomic mass is 16.7. The summed E-state index contributed by atoms with van der Waals surface area (Å²) in [5, 5.41) is 8.69. The average molecular weight is 189 g/mol. The van der Waals surface area contributed by atoms with E-state index < -0.39 is 0 Å². The van der Waals surface area contributed by atoms with Crippen molar-refractivity contribution < 1.29 is 14.6 Å². The summed E-state index contributed by atoms with van der Waals surface area (Å²) in [4.78, 5) is 2.10. The molecule has 78 valence electrons. The van der Waals surface area contributed by atoms with Gasteiger partial charge in [-0.05, 0) is 20.5 Å². The highest BCUT2D eigenvalue weighted by Gasteiger charge is 2.24. The van der Waals surface area contributed by atoms with Gasteiger partial charge >= 0.3 is 0 Å². The maximum atomic E-state index is 8.69. The molecule has 2 atom stereocenters. The van der Waals surface area contributed by atoms with Gasteiger partial charge in [-0.1, -0.05) is 0 Å². The van der Waals surface area contributed by atoms with Crippen molar-refractivity contribution >= 4 is 0 Å². The molecule has 2 unspecified atom stereocenters. The minimum absolute atomic E-state index is 0.0704. The molecule has 0 amide bonds. The highest BCUT2D eigenvalue weighted by Crippen LogP contribution is 2.16. The number of ether oxygens (including phenoxy) is 2. The van der Waals surface area contributed by atoms with Gasteiger partial charge in [0.25, 0.3) is 0 Å². The Morgan fingerprint density at radius 1 is 1.38 bits per heavy atom. The van der Waals surface area contributed by atoms with Gasteiger partial charge in [-0.2, -0.15) is 0 Å². The molecule has 1 aliphatic heterocycles. The first-order valence-corrected chi connectivity index (χ1v) is 4.75. The van der Waals surface area contributed by atoms with Crippen molar-refractivity contribution in [3.05, 3.63) is 0 Å². The van der Waals surface area contributed by atoms with Crippen LogP contribution in [0.1, 0.15) is 12.8 Å². The van der Waals surface area contributed by atoms with Gasteiger partial charge in [-0.25, -0.2) is 0 Å². The van der Waals surface area contributed by atoms with Crippen LogP contribution in [0.4, 0.5) is 0 Å². The van der Waals surface area contributed by atoms with Crippen LogP contribution in [0.3, 0.4) is 0 Å². The lowest BCUT2D eigenvalue weighted by atomic mass is 10.3. The molecular weight excluding hydrogens is 170 g/mol. The van der Waals surface area contributed by atoms with Gasteiger partial charge in [-0.3, -0.25) is 0 Å². The molecule has 1 rings (SSSR count). The van der Waals surface area contributed by atoms with Crippen molar-refractivity contribution in [2.75, 3.05) is 33.9 Å². The molecule has 0 aromatic carbocycles. The van der Waals surface area contributed by atoms with E-state index in [1.165, 1.54) is 0 Å². The quantitative estimate of drug-likeness (QED) is 0.664. The van der Waals surface area contributed by atoms with E-state index in [1.54, 1.807) is 0 Å². The second-order valence-corrected chi connectivity index (χ2v) is 3.63. The fraction of sp³-hybridized carbons (Fsp3) is 1.00. The fourth-order valence-electron chi connectivity index (χ4n) is 1.32. The van der Waals surface area contributed by atoms with E-state index in [9.17, 15) is 0 Å². The molecule has 0 spiro atoms. The molecule has 1 heterocycles. The van der Waals surface area contributed by atoms with Crippen molar-refractivity contribution in [3.63, 3.8) is 0 Å². The van der Waals surface area contributed by atoms with Gasteiger partial charge in [0.15, 0.2) is 6.29 Å². The maximum Gasteiger partial charge on any atom is 0.159 e. The Labute approximate surface area is 79.4 Å². The van der Waals surface area contributed by atoms with E-state index in [4.69, 9.17) is 14.6 Å². The number of hydrogen-bond acceptors (Lipinski definition) is 4. The topological polar surface area (TPSA) is 41.9 Å². The van der Waals surface area contributed by atoms with Gasteiger partial charge in [0.1, 0.15) is 0 Å². The molecule has 0 aromatic rings. The molecule has 1 fully saturated rings. The van der Waals surface area contributed by atoms with Crippen LogP contribution in [0.25, 0.3) is 0 Å². The molecule has 4 nitrogen and oxygen atoms in total. The van der Waals surface area contributed by atoms with Gasteiger partial charge in [0.2, 0.25) is 0 Å². The summed E-state index contributed by atoms with van der Waals surface area (Å²) in [6.07, 6.45) is 1.60. The molecule has 1 saturated heterocycles. The Balaban J connectivity index is 2.10. The summed E-state index contributed by atoms with van der Waals surface area (Å²) in [6, 6.07) is 0. The first kappa shape index (κ1) is 10.9. The van der Waals surface area contributed by atoms with E-state index in [1.807, 2.05) is 14.1 Å². The number of hydrogen-bond donors (Lipinski definition) is 1. The third-order valence-electron chi connectivity index (χ3n) is 2.08. The maximum absolute atomic E-state index is 8.69. The predicted octanol–water partition coefficient (Wildman–Crippen LogP) is 0.0620. The Morgan fingerprint density at radius 3 is 2.77 bits per heavy atom. The molecule has 1 N–H and O–H groups in total. The summed E-state index contributed by atoms with van der Waals surface area (Å²) in [5.41, 5.74) is 0. The summed E-state index contributed by atoms with van der Waals surface area (Å²) in [6.45, 7) is 1.77. The number of aliphatic hydroxyl groups excluding tert-OH is 1. The largest absolute Gasteiger partial charge is 0.396 e.